The van der Waals surface area contributed by atoms with Crippen molar-refractivity contribution in [2.75, 3.05) is 18.2 Å². The number of hydrogen-bond acceptors (Lipinski definition) is 6. The fourth-order valence-corrected chi connectivity index (χ4v) is 3.46. The second kappa shape index (κ2) is 7.24. The molecule has 0 aliphatic rings. The van der Waals surface area contributed by atoms with Crippen LogP contribution in [0, 0.1) is 0 Å². The van der Waals surface area contributed by atoms with Crippen LogP contribution in [0.5, 0.6) is 5.75 Å². The average Bonchev–Trinajstić information content (AvgIpc) is 2.99. The topological polar surface area (TPSA) is 81.9 Å². The van der Waals surface area contributed by atoms with Crippen molar-refractivity contribution in [3.05, 3.63) is 48.5 Å². The minimum atomic E-state index is -0.144. The van der Waals surface area contributed by atoms with Gasteiger partial charge in [0.15, 0.2) is 5.65 Å². The van der Waals surface area contributed by atoms with Gasteiger partial charge >= 0.3 is 0 Å². The molecule has 0 atom stereocenters. The Morgan fingerprint density at radius 1 is 1.19 bits per heavy atom. The first-order chi connectivity index (χ1) is 13.2. The lowest BCUT2D eigenvalue weighted by Crippen LogP contribution is -2.14. The predicted octanol–water partition coefficient (Wildman–Crippen LogP) is 3.26. The molecule has 0 bridgehead atoms. The van der Waals surface area contributed by atoms with Gasteiger partial charge in [0.1, 0.15) is 11.3 Å². The van der Waals surface area contributed by atoms with Crippen molar-refractivity contribution in [1.82, 2.24) is 19.7 Å². The van der Waals surface area contributed by atoms with Crippen molar-refractivity contribution in [1.29, 1.82) is 0 Å². The summed E-state index contributed by atoms with van der Waals surface area (Å²) in [6, 6.07) is 15.2. The van der Waals surface area contributed by atoms with Crippen molar-refractivity contribution in [3.63, 3.8) is 0 Å². The first kappa shape index (κ1) is 17.3. The summed E-state index contributed by atoms with van der Waals surface area (Å²) in [5, 5.41) is 12.8. The van der Waals surface area contributed by atoms with Crippen LogP contribution in [0.2, 0.25) is 0 Å². The highest BCUT2D eigenvalue weighted by atomic mass is 32.2. The number of aryl methyl sites for hydroxylation is 1. The molecule has 8 heteroatoms. The molecule has 0 radical (unpaired) electrons. The van der Waals surface area contributed by atoms with Crippen LogP contribution in [0.4, 0.5) is 5.69 Å². The van der Waals surface area contributed by atoms with Crippen molar-refractivity contribution in [3.8, 4) is 5.75 Å². The van der Waals surface area contributed by atoms with E-state index in [1.54, 1.807) is 13.2 Å². The molecule has 0 aliphatic carbocycles. The number of carbonyl (C=O) groups is 1. The van der Waals surface area contributed by atoms with Crippen LogP contribution < -0.4 is 10.1 Å². The summed E-state index contributed by atoms with van der Waals surface area (Å²) in [4.78, 5) is 16.8. The zero-order valence-electron chi connectivity index (χ0n) is 14.8. The summed E-state index contributed by atoms with van der Waals surface area (Å²) in [6.45, 7) is 0. The number of carbonyl (C=O) groups excluding carboxylic acids is 1. The molecular weight excluding hydrogens is 362 g/mol. The molecule has 0 saturated heterocycles. The first-order valence-corrected chi connectivity index (χ1v) is 9.29. The van der Waals surface area contributed by atoms with Gasteiger partial charge < -0.3 is 14.6 Å². The van der Waals surface area contributed by atoms with E-state index in [-0.39, 0.29) is 11.7 Å². The number of amides is 1. The van der Waals surface area contributed by atoms with E-state index in [0.717, 1.165) is 22.1 Å². The second-order valence-corrected chi connectivity index (χ2v) is 6.85. The number of nitrogens with zero attached hydrogens (tertiary/aromatic N) is 4. The van der Waals surface area contributed by atoms with Gasteiger partial charge in [0.05, 0.1) is 18.4 Å². The predicted molar refractivity (Wildman–Crippen MR) is 106 cm³/mol. The molecule has 4 aromatic rings. The number of aromatic nitrogens is 4. The van der Waals surface area contributed by atoms with Gasteiger partial charge in [-0.2, -0.15) is 0 Å². The third kappa shape index (κ3) is 3.43. The number of ether oxygens (including phenoxy) is 1. The molecule has 2 aromatic carbocycles. The zero-order valence-corrected chi connectivity index (χ0v) is 15.7. The highest BCUT2D eigenvalue weighted by molar-refractivity contribution is 7.99. The molecule has 27 heavy (non-hydrogen) atoms. The lowest BCUT2D eigenvalue weighted by Gasteiger charge is -2.06. The Bertz CT molecular complexity index is 1140. The van der Waals surface area contributed by atoms with Crippen LogP contribution >= 0.6 is 11.8 Å². The van der Waals surface area contributed by atoms with E-state index >= 15 is 0 Å². The van der Waals surface area contributed by atoms with Crippen LogP contribution in [0.25, 0.3) is 22.1 Å². The molecule has 7 nitrogen and oxygen atoms in total. The highest BCUT2D eigenvalue weighted by Gasteiger charge is 2.13. The highest BCUT2D eigenvalue weighted by Crippen LogP contribution is 2.26. The Kier molecular flexibility index (Phi) is 4.64. The molecule has 0 fully saturated rings. The minimum Gasteiger partial charge on any atom is -0.497 e. The Hall–Kier alpha value is -3.13. The third-order valence-corrected chi connectivity index (χ3v) is 5.01. The summed E-state index contributed by atoms with van der Waals surface area (Å²) >= 11 is 1.25. The molecular formula is C19H17N5O2S. The standard InChI is InChI=1S/C19H17N5O2S/c1-24-15-9-4-3-8-14(15)17-18(24)21-19(23-22-17)27-11-16(25)20-12-6-5-7-13(10-12)26-2/h3-10H,11H2,1-2H3,(H,20,25). The molecule has 0 aliphatic heterocycles. The van der Waals surface area contributed by atoms with Crippen LogP contribution in [-0.2, 0) is 11.8 Å². The maximum atomic E-state index is 12.2. The largest absolute Gasteiger partial charge is 0.497 e. The SMILES string of the molecule is COc1cccc(NC(=O)CSc2nnc3c4ccccc4n(C)c3n2)c1. The Morgan fingerprint density at radius 3 is 2.89 bits per heavy atom. The van der Waals surface area contributed by atoms with Crippen LogP contribution in [0.15, 0.2) is 53.7 Å². The van der Waals surface area contributed by atoms with E-state index in [0.29, 0.717) is 16.6 Å². The zero-order chi connectivity index (χ0) is 18.8. The Balaban J connectivity index is 1.49. The van der Waals surface area contributed by atoms with E-state index in [9.17, 15) is 4.79 Å². The molecule has 136 valence electrons. The summed E-state index contributed by atoms with van der Waals surface area (Å²) in [5.74, 6) is 0.733. The number of anilines is 1. The molecule has 2 aromatic heterocycles. The quantitative estimate of drug-likeness (QED) is 0.536. The van der Waals surface area contributed by atoms with Crippen molar-refractivity contribution >= 4 is 45.4 Å². The number of thioether (sulfide) groups is 1. The van der Waals surface area contributed by atoms with Gasteiger partial charge in [-0.25, -0.2) is 4.98 Å². The summed E-state index contributed by atoms with van der Waals surface area (Å²) < 4.78 is 7.14. The minimum absolute atomic E-state index is 0.144. The third-order valence-electron chi connectivity index (χ3n) is 4.17. The fourth-order valence-electron chi connectivity index (χ4n) is 2.88. The van der Waals surface area contributed by atoms with Crippen molar-refractivity contribution in [2.45, 2.75) is 5.16 Å². The van der Waals surface area contributed by atoms with Gasteiger partial charge in [0.25, 0.3) is 0 Å². The maximum absolute atomic E-state index is 12.2. The molecule has 1 amide bonds. The summed E-state index contributed by atoms with van der Waals surface area (Å²) in [5.41, 5.74) is 3.25. The van der Waals surface area contributed by atoms with Crippen LogP contribution in [0.1, 0.15) is 0 Å². The van der Waals surface area contributed by atoms with E-state index in [2.05, 4.69) is 20.5 Å². The van der Waals surface area contributed by atoms with Crippen molar-refractivity contribution in [2.24, 2.45) is 7.05 Å². The fraction of sp³-hybridized carbons (Fsp3) is 0.158. The lowest BCUT2D eigenvalue weighted by atomic mass is 10.2. The van der Waals surface area contributed by atoms with Gasteiger partial charge in [-0.15, -0.1) is 10.2 Å². The maximum Gasteiger partial charge on any atom is 0.234 e. The second-order valence-electron chi connectivity index (χ2n) is 5.91. The molecule has 0 saturated carbocycles. The normalized spacial score (nSPS) is 11.0. The van der Waals surface area contributed by atoms with Gasteiger partial charge in [-0.3, -0.25) is 4.79 Å². The summed E-state index contributed by atoms with van der Waals surface area (Å²) in [6.07, 6.45) is 0. The van der Waals surface area contributed by atoms with E-state index in [4.69, 9.17) is 4.74 Å². The first-order valence-electron chi connectivity index (χ1n) is 8.30. The smallest absolute Gasteiger partial charge is 0.234 e. The van der Waals surface area contributed by atoms with Gasteiger partial charge in [0, 0.05) is 24.2 Å². The molecule has 0 unspecified atom stereocenters. The van der Waals surface area contributed by atoms with Crippen molar-refractivity contribution < 1.29 is 9.53 Å². The van der Waals surface area contributed by atoms with Gasteiger partial charge in [-0.05, 0) is 18.2 Å². The Morgan fingerprint density at radius 2 is 2.04 bits per heavy atom. The number of rotatable bonds is 5. The number of fused-ring (bicyclic) bond motifs is 3. The molecule has 4 rings (SSSR count). The van der Waals surface area contributed by atoms with E-state index in [1.807, 2.05) is 54.1 Å². The molecule has 0 spiro atoms. The average molecular weight is 379 g/mol. The van der Waals surface area contributed by atoms with Gasteiger partial charge in [-0.1, -0.05) is 36.0 Å². The van der Waals surface area contributed by atoms with E-state index < -0.39 is 0 Å². The Labute approximate surface area is 159 Å². The molecule has 1 N–H and O–H groups in total. The molecule has 2 heterocycles. The summed E-state index contributed by atoms with van der Waals surface area (Å²) in [7, 11) is 3.54. The van der Waals surface area contributed by atoms with E-state index in [1.165, 1.54) is 11.8 Å². The number of methoxy groups -OCH3 is 1. The number of benzene rings is 2. The van der Waals surface area contributed by atoms with Crippen LogP contribution in [-0.4, -0.2) is 38.5 Å². The number of para-hydroxylation sites is 1. The number of nitrogens with one attached hydrogen (secondary N) is 1. The monoisotopic (exact) mass is 379 g/mol. The van der Waals surface area contributed by atoms with Crippen LogP contribution in [0.3, 0.4) is 0 Å². The van der Waals surface area contributed by atoms with Gasteiger partial charge in [0.2, 0.25) is 11.1 Å². The lowest BCUT2D eigenvalue weighted by molar-refractivity contribution is -0.113. The number of hydrogen-bond donors (Lipinski definition) is 1.